The highest BCUT2D eigenvalue weighted by Crippen LogP contribution is 2.41. The first-order chi connectivity index (χ1) is 30.7. The fourth-order valence-electron chi connectivity index (χ4n) is 7.53. The molecule has 7 nitrogen and oxygen atoms in total. The van der Waals surface area contributed by atoms with E-state index in [2.05, 4.69) is 59.4 Å². The summed E-state index contributed by atoms with van der Waals surface area (Å²) >= 11 is 0. The number of benzene rings is 8. The van der Waals surface area contributed by atoms with E-state index in [1.807, 2.05) is 158 Å². The zero-order chi connectivity index (χ0) is 41.7. The van der Waals surface area contributed by atoms with Crippen LogP contribution in [0.15, 0.2) is 212 Å². The second-order valence-corrected chi connectivity index (χ2v) is 14.6. The summed E-state index contributed by atoms with van der Waals surface area (Å²) in [5.41, 5.74) is 11.7. The summed E-state index contributed by atoms with van der Waals surface area (Å²) in [6.07, 6.45) is 0. The summed E-state index contributed by atoms with van der Waals surface area (Å²) in [7, 11) is 0. The first-order valence-corrected chi connectivity index (χ1v) is 20.2. The van der Waals surface area contributed by atoms with Crippen molar-refractivity contribution in [1.29, 1.82) is 0 Å². The molecule has 0 amide bonds. The summed E-state index contributed by atoms with van der Waals surface area (Å²) in [4.78, 5) is 34.1. The Morgan fingerprint density at radius 2 is 0.613 bits per heavy atom. The lowest BCUT2D eigenvalue weighted by molar-refractivity contribution is 1.07. The molecule has 0 N–H and O–H groups in total. The number of nitrogens with zero attached hydrogens (tertiary/aromatic N) is 7. The minimum Gasteiger partial charge on any atom is -0.238 e. The number of aromatic nitrogens is 6. The van der Waals surface area contributed by atoms with Gasteiger partial charge in [-0.15, -0.1) is 0 Å². The van der Waals surface area contributed by atoms with Crippen molar-refractivity contribution in [2.45, 2.75) is 0 Å². The van der Waals surface area contributed by atoms with Crippen LogP contribution in [0.5, 0.6) is 0 Å². The standard InChI is InChI=1S/C55H35N7/c1-56-45-32-29-38(30-33-45)49-36-44(54-59-50(39-19-8-3-9-20-39)58-53(60-54)43-26-16-25-42(35-43)37-17-6-2-7-18-37)31-34-47(49)46-27-14-15-28-48(46)55-61-51(40-21-10-4-11-22-40)57-52(62-55)41-23-12-5-13-24-41/h2-36H. The van der Waals surface area contributed by atoms with Gasteiger partial charge in [0.2, 0.25) is 0 Å². The molecule has 0 bridgehead atoms. The Labute approximate surface area is 359 Å². The molecule has 0 aliphatic carbocycles. The van der Waals surface area contributed by atoms with Gasteiger partial charge in [-0.3, -0.25) is 0 Å². The van der Waals surface area contributed by atoms with Crippen LogP contribution in [-0.2, 0) is 0 Å². The van der Waals surface area contributed by atoms with E-state index in [-0.39, 0.29) is 0 Å². The van der Waals surface area contributed by atoms with Crippen LogP contribution in [0.3, 0.4) is 0 Å². The van der Waals surface area contributed by atoms with Crippen molar-refractivity contribution in [1.82, 2.24) is 29.9 Å². The Balaban J connectivity index is 1.15. The molecule has 0 spiro atoms. The molecule has 0 saturated carbocycles. The fraction of sp³-hybridized carbons (Fsp3) is 0. The van der Waals surface area contributed by atoms with Gasteiger partial charge in [0.25, 0.3) is 0 Å². The average molecular weight is 794 g/mol. The average Bonchev–Trinajstić information content (AvgIpc) is 3.37. The molecule has 62 heavy (non-hydrogen) atoms. The number of rotatable bonds is 9. The van der Waals surface area contributed by atoms with Crippen LogP contribution in [0.1, 0.15) is 0 Å². The van der Waals surface area contributed by atoms with Crippen LogP contribution in [0.2, 0.25) is 0 Å². The molecule has 0 aliphatic rings. The lowest BCUT2D eigenvalue weighted by Crippen LogP contribution is -2.02. The molecular formula is C55H35N7. The molecule has 290 valence electrons. The van der Waals surface area contributed by atoms with E-state index in [0.717, 1.165) is 66.8 Å². The molecule has 10 rings (SSSR count). The monoisotopic (exact) mass is 793 g/mol. The molecular weight excluding hydrogens is 759 g/mol. The van der Waals surface area contributed by atoms with Crippen LogP contribution >= 0.6 is 0 Å². The van der Waals surface area contributed by atoms with E-state index in [4.69, 9.17) is 36.5 Å². The SMILES string of the molecule is [C-]#[N+]c1ccc(-c2cc(-c3nc(-c4ccccc4)nc(-c4cccc(-c5ccccc5)c4)n3)ccc2-c2ccccc2-c2nc(-c3ccccc3)nc(-c3ccccc3)n2)cc1. The molecule has 2 heterocycles. The molecule has 0 saturated heterocycles. The van der Waals surface area contributed by atoms with E-state index in [0.29, 0.717) is 40.6 Å². The van der Waals surface area contributed by atoms with Crippen molar-refractivity contribution >= 4 is 5.69 Å². The molecule has 0 unspecified atom stereocenters. The van der Waals surface area contributed by atoms with Crippen molar-refractivity contribution in [3.63, 3.8) is 0 Å². The van der Waals surface area contributed by atoms with Gasteiger partial charge in [-0.1, -0.05) is 200 Å². The van der Waals surface area contributed by atoms with Crippen molar-refractivity contribution < 1.29 is 0 Å². The normalized spacial score (nSPS) is 10.9. The van der Waals surface area contributed by atoms with Gasteiger partial charge in [0.05, 0.1) is 6.57 Å². The van der Waals surface area contributed by atoms with Crippen LogP contribution in [0, 0.1) is 6.57 Å². The fourth-order valence-corrected chi connectivity index (χ4v) is 7.53. The third-order valence-corrected chi connectivity index (χ3v) is 10.6. The van der Waals surface area contributed by atoms with Gasteiger partial charge >= 0.3 is 0 Å². The van der Waals surface area contributed by atoms with Crippen molar-refractivity contribution in [3.8, 4) is 102 Å². The number of hydrogen-bond acceptors (Lipinski definition) is 6. The molecule has 2 aromatic heterocycles. The maximum absolute atomic E-state index is 7.65. The molecule has 8 aromatic carbocycles. The van der Waals surface area contributed by atoms with E-state index < -0.39 is 0 Å². The van der Waals surface area contributed by atoms with Crippen LogP contribution < -0.4 is 0 Å². The lowest BCUT2D eigenvalue weighted by atomic mass is 9.90. The first kappa shape index (κ1) is 37.5. The van der Waals surface area contributed by atoms with Gasteiger partial charge in [-0.05, 0) is 45.5 Å². The molecule has 10 aromatic rings. The number of hydrogen-bond donors (Lipinski definition) is 0. The zero-order valence-corrected chi connectivity index (χ0v) is 33.3. The predicted molar refractivity (Wildman–Crippen MR) is 248 cm³/mol. The van der Waals surface area contributed by atoms with Gasteiger partial charge < -0.3 is 0 Å². The Morgan fingerprint density at radius 3 is 1.13 bits per heavy atom. The second-order valence-electron chi connectivity index (χ2n) is 14.6. The minimum atomic E-state index is 0.537. The first-order valence-electron chi connectivity index (χ1n) is 20.2. The molecule has 0 atom stereocenters. The van der Waals surface area contributed by atoms with Gasteiger partial charge in [-0.2, -0.15) is 0 Å². The lowest BCUT2D eigenvalue weighted by Gasteiger charge is -2.17. The highest BCUT2D eigenvalue weighted by Gasteiger charge is 2.20. The van der Waals surface area contributed by atoms with E-state index >= 15 is 0 Å². The third-order valence-electron chi connectivity index (χ3n) is 10.6. The van der Waals surface area contributed by atoms with Crippen molar-refractivity contribution in [2.24, 2.45) is 0 Å². The van der Waals surface area contributed by atoms with Gasteiger partial charge in [0.1, 0.15) is 0 Å². The van der Waals surface area contributed by atoms with Gasteiger partial charge in [-0.25, -0.2) is 34.7 Å². The summed E-state index contributed by atoms with van der Waals surface area (Å²) in [5.74, 6) is 3.41. The van der Waals surface area contributed by atoms with E-state index in [1.165, 1.54) is 0 Å². The summed E-state index contributed by atoms with van der Waals surface area (Å²) in [6.45, 7) is 7.65. The Bertz CT molecular complexity index is 3160. The third kappa shape index (κ3) is 7.75. The highest BCUT2D eigenvalue weighted by molar-refractivity contribution is 5.93. The Kier molecular flexibility index (Phi) is 10.2. The molecule has 7 heteroatoms. The summed E-state index contributed by atoms with van der Waals surface area (Å²) in [6, 6.07) is 70.8. The maximum atomic E-state index is 7.65. The smallest absolute Gasteiger partial charge is 0.187 e. The van der Waals surface area contributed by atoms with E-state index in [1.54, 1.807) is 0 Å². The molecule has 0 radical (unpaired) electrons. The topological polar surface area (TPSA) is 81.7 Å². The Morgan fingerprint density at radius 1 is 0.242 bits per heavy atom. The predicted octanol–water partition coefficient (Wildman–Crippen LogP) is 13.6. The van der Waals surface area contributed by atoms with Crippen molar-refractivity contribution in [3.05, 3.63) is 224 Å². The largest absolute Gasteiger partial charge is 0.238 e. The molecule has 0 aliphatic heterocycles. The van der Waals surface area contributed by atoms with E-state index in [9.17, 15) is 0 Å². The second kappa shape index (κ2) is 16.9. The van der Waals surface area contributed by atoms with Gasteiger partial charge in [0.15, 0.2) is 40.6 Å². The zero-order valence-electron chi connectivity index (χ0n) is 33.3. The quantitative estimate of drug-likeness (QED) is 0.135. The van der Waals surface area contributed by atoms with Crippen molar-refractivity contribution in [2.75, 3.05) is 0 Å². The molecule has 0 fully saturated rings. The highest BCUT2D eigenvalue weighted by atomic mass is 15.0. The maximum Gasteiger partial charge on any atom is 0.187 e. The summed E-state index contributed by atoms with van der Waals surface area (Å²) in [5, 5.41) is 0. The Hall–Kier alpha value is -8.73. The summed E-state index contributed by atoms with van der Waals surface area (Å²) < 4.78 is 0. The van der Waals surface area contributed by atoms with Gasteiger partial charge in [0, 0.05) is 33.4 Å². The van der Waals surface area contributed by atoms with Crippen LogP contribution in [-0.4, -0.2) is 29.9 Å². The van der Waals surface area contributed by atoms with Crippen LogP contribution in [0.25, 0.3) is 107 Å². The van der Waals surface area contributed by atoms with Crippen LogP contribution in [0.4, 0.5) is 5.69 Å². The minimum absolute atomic E-state index is 0.537.